The molecule has 1 heterocycles. The molecule has 0 aliphatic rings. The third-order valence-corrected chi connectivity index (χ3v) is 3.95. The number of hydrogen-bond donors (Lipinski definition) is 2. The van der Waals surface area contributed by atoms with Gasteiger partial charge in [0.1, 0.15) is 10.7 Å². The number of rotatable bonds is 4. The van der Waals surface area contributed by atoms with E-state index in [1.165, 1.54) is 11.3 Å². The predicted molar refractivity (Wildman–Crippen MR) is 96.3 cm³/mol. The van der Waals surface area contributed by atoms with E-state index in [2.05, 4.69) is 15.6 Å². The zero-order valence-corrected chi connectivity index (χ0v) is 15.0. The summed E-state index contributed by atoms with van der Waals surface area (Å²) in [7, 11) is 0. The molecule has 0 radical (unpaired) electrons. The van der Waals surface area contributed by atoms with Crippen LogP contribution in [-0.2, 0) is 9.53 Å². The van der Waals surface area contributed by atoms with Crippen LogP contribution < -0.4 is 10.6 Å². The average Bonchev–Trinajstić information content (AvgIpc) is 2.89. The Kier molecular flexibility index (Phi) is 5.56. The molecule has 0 atom stereocenters. The Hall–Kier alpha value is -2.41. The van der Waals surface area contributed by atoms with Gasteiger partial charge in [-0.1, -0.05) is 62.4 Å². The molecule has 0 bridgehead atoms. The van der Waals surface area contributed by atoms with Crippen LogP contribution in [0.5, 0.6) is 0 Å². The van der Waals surface area contributed by atoms with Gasteiger partial charge in [0, 0.05) is 11.0 Å². The fraction of sp³-hybridized carbons (Fsp3) is 0.353. The Morgan fingerprint density at radius 2 is 1.83 bits per heavy atom. The number of nitrogens with one attached hydrogen (secondary N) is 2. The van der Waals surface area contributed by atoms with Gasteiger partial charge in [0.15, 0.2) is 5.13 Å². The van der Waals surface area contributed by atoms with E-state index in [4.69, 9.17) is 4.74 Å². The van der Waals surface area contributed by atoms with Crippen LogP contribution in [0.1, 0.15) is 27.7 Å². The summed E-state index contributed by atoms with van der Waals surface area (Å²) in [5.41, 5.74) is 0.937. The van der Waals surface area contributed by atoms with Gasteiger partial charge in [-0.2, -0.15) is 0 Å². The monoisotopic (exact) mass is 347 g/mol. The number of benzene rings is 1. The van der Waals surface area contributed by atoms with Crippen LogP contribution in [-0.4, -0.2) is 23.6 Å². The molecular weight excluding hydrogens is 326 g/mol. The molecule has 0 saturated heterocycles. The van der Waals surface area contributed by atoms with E-state index in [-0.39, 0.29) is 12.5 Å². The molecule has 6 nitrogen and oxygen atoms in total. The van der Waals surface area contributed by atoms with E-state index in [1.807, 2.05) is 51.1 Å². The summed E-state index contributed by atoms with van der Waals surface area (Å²) in [4.78, 5) is 28.3. The smallest absolute Gasteiger partial charge is 0.413 e. The zero-order valence-electron chi connectivity index (χ0n) is 14.2. The largest absolute Gasteiger partial charge is 0.450 e. The molecule has 1 aromatic heterocycles. The lowest BCUT2D eigenvalue weighted by atomic mass is 9.96. The van der Waals surface area contributed by atoms with E-state index in [1.54, 1.807) is 6.92 Å². The van der Waals surface area contributed by atoms with Crippen LogP contribution in [0.15, 0.2) is 30.3 Å². The van der Waals surface area contributed by atoms with Gasteiger partial charge in [0.2, 0.25) is 5.91 Å². The summed E-state index contributed by atoms with van der Waals surface area (Å²) in [5.74, 6) is -0.119. The third kappa shape index (κ3) is 4.55. The highest BCUT2D eigenvalue weighted by Crippen LogP contribution is 2.36. The molecular formula is C17H21N3O3S. The lowest BCUT2D eigenvalue weighted by molar-refractivity contribution is -0.123. The van der Waals surface area contributed by atoms with Crippen LogP contribution >= 0.6 is 11.3 Å². The van der Waals surface area contributed by atoms with Crippen LogP contribution in [0, 0.1) is 5.41 Å². The van der Waals surface area contributed by atoms with Crippen molar-refractivity contribution in [3.8, 4) is 11.3 Å². The number of carbonyl (C=O) groups excluding carboxylic acids is 2. The van der Waals surface area contributed by atoms with Crippen molar-refractivity contribution in [1.29, 1.82) is 0 Å². The summed E-state index contributed by atoms with van der Waals surface area (Å²) in [6.07, 6.45) is -0.570. The van der Waals surface area contributed by atoms with Gasteiger partial charge in [0.05, 0.1) is 6.61 Å². The molecule has 0 fully saturated rings. The van der Waals surface area contributed by atoms with E-state index in [0.717, 1.165) is 5.56 Å². The van der Waals surface area contributed by atoms with Crippen LogP contribution in [0.4, 0.5) is 14.9 Å². The summed E-state index contributed by atoms with van der Waals surface area (Å²) in [6.45, 7) is 7.51. The van der Waals surface area contributed by atoms with Crippen LogP contribution in [0.25, 0.3) is 11.3 Å². The molecule has 1 aromatic carbocycles. The molecule has 0 saturated carbocycles. The molecule has 0 aliphatic heterocycles. The molecule has 0 aliphatic carbocycles. The number of thiazole rings is 1. The quantitative estimate of drug-likeness (QED) is 0.861. The third-order valence-electron chi connectivity index (χ3n) is 3.07. The van der Waals surface area contributed by atoms with Gasteiger partial charge in [-0.3, -0.25) is 10.1 Å². The highest BCUT2D eigenvalue weighted by molar-refractivity contribution is 7.20. The minimum atomic E-state index is -0.570. The maximum atomic E-state index is 12.3. The maximum absolute atomic E-state index is 12.3. The normalized spacial score (nSPS) is 11.0. The van der Waals surface area contributed by atoms with Crippen molar-refractivity contribution in [3.05, 3.63) is 30.3 Å². The minimum absolute atomic E-state index is 0.119. The molecule has 0 unspecified atom stereocenters. The van der Waals surface area contributed by atoms with Crippen LogP contribution in [0.2, 0.25) is 0 Å². The first-order chi connectivity index (χ1) is 11.3. The number of aromatic nitrogens is 1. The molecule has 2 N–H and O–H groups in total. The van der Waals surface area contributed by atoms with Crippen molar-refractivity contribution in [3.63, 3.8) is 0 Å². The number of hydrogen-bond acceptors (Lipinski definition) is 5. The van der Waals surface area contributed by atoms with Gasteiger partial charge in [-0.15, -0.1) is 0 Å². The Bertz CT molecular complexity index is 720. The van der Waals surface area contributed by atoms with Gasteiger partial charge in [0.25, 0.3) is 0 Å². The van der Waals surface area contributed by atoms with E-state index in [9.17, 15) is 9.59 Å². The van der Waals surface area contributed by atoms with Gasteiger partial charge < -0.3 is 10.1 Å². The van der Waals surface area contributed by atoms with E-state index >= 15 is 0 Å². The Balaban J connectivity index is 2.34. The Morgan fingerprint density at radius 1 is 1.17 bits per heavy atom. The number of amides is 2. The van der Waals surface area contributed by atoms with E-state index < -0.39 is 11.5 Å². The number of nitrogens with zero attached hydrogens (tertiary/aromatic N) is 1. The van der Waals surface area contributed by atoms with Crippen molar-refractivity contribution < 1.29 is 14.3 Å². The van der Waals surface area contributed by atoms with E-state index in [0.29, 0.717) is 15.8 Å². The number of carbonyl (C=O) groups is 2. The topological polar surface area (TPSA) is 80.3 Å². The molecule has 2 rings (SSSR count). The molecule has 2 amide bonds. The molecule has 2 aromatic rings. The summed E-state index contributed by atoms with van der Waals surface area (Å²) in [6, 6.07) is 9.48. The lowest BCUT2D eigenvalue weighted by Gasteiger charge is -2.17. The highest BCUT2D eigenvalue weighted by Gasteiger charge is 2.24. The van der Waals surface area contributed by atoms with Crippen molar-refractivity contribution in [1.82, 2.24) is 4.98 Å². The van der Waals surface area contributed by atoms with Gasteiger partial charge in [-0.05, 0) is 6.92 Å². The fourth-order valence-corrected chi connectivity index (χ4v) is 2.66. The lowest BCUT2D eigenvalue weighted by Crippen LogP contribution is -2.27. The zero-order chi connectivity index (χ0) is 17.7. The Morgan fingerprint density at radius 3 is 2.42 bits per heavy atom. The standard InChI is InChI=1S/C17H21N3O3S/c1-5-23-16(22)20-15-18-12(11-9-7-6-8-10-11)13(24-15)19-14(21)17(2,3)4/h6-10H,5H2,1-4H3,(H,19,21)(H,18,20,22). The highest BCUT2D eigenvalue weighted by atomic mass is 32.1. The summed E-state index contributed by atoms with van der Waals surface area (Å²) < 4.78 is 4.87. The molecule has 0 spiro atoms. The van der Waals surface area contributed by atoms with Gasteiger partial charge >= 0.3 is 6.09 Å². The molecule has 128 valence electrons. The minimum Gasteiger partial charge on any atom is -0.450 e. The summed E-state index contributed by atoms with van der Waals surface area (Å²) in [5, 5.41) is 6.44. The van der Waals surface area contributed by atoms with Crippen molar-refractivity contribution >= 4 is 33.5 Å². The Labute approximate surface area is 145 Å². The summed E-state index contributed by atoms with van der Waals surface area (Å²) >= 11 is 1.20. The predicted octanol–water partition coefficient (Wildman–Crippen LogP) is 4.36. The fourth-order valence-electron chi connectivity index (χ4n) is 1.80. The number of ether oxygens (including phenoxy) is 1. The second-order valence-electron chi connectivity index (χ2n) is 6.11. The molecule has 24 heavy (non-hydrogen) atoms. The van der Waals surface area contributed by atoms with Crippen LogP contribution in [0.3, 0.4) is 0 Å². The second kappa shape index (κ2) is 7.44. The maximum Gasteiger partial charge on any atom is 0.413 e. The number of anilines is 2. The average molecular weight is 347 g/mol. The van der Waals surface area contributed by atoms with Crippen molar-refractivity contribution in [2.45, 2.75) is 27.7 Å². The van der Waals surface area contributed by atoms with Crippen molar-refractivity contribution in [2.75, 3.05) is 17.2 Å². The molecule has 7 heteroatoms. The van der Waals surface area contributed by atoms with Crippen molar-refractivity contribution in [2.24, 2.45) is 5.41 Å². The first-order valence-corrected chi connectivity index (χ1v) is 8.44. The SMILES string of the molecule is CCOC(=O)Nc1nc(-c2ccccc2)c(NC(=O)C(C)(C)C)s1. The first kappa shape index (κ1) is 17.9. The first-order valence-electron chi connectivity index (χ1n) is 7.62. The second-order valence-corrected chi connectivity index (χ2v) is 7.11. The van der Waals surface area contributed by atoms with Gasteiger partial charge in [-0.25, -0.2) is 9.78 Å².